The summed E-state index contributed by atoms with van der Waals surface area (Å²) < 4.78 is 5.20. The van der Waals surface area contributed by atoms with Gasteiger partial charge in [-0.2, -0.15) is 0 Å². The minimum Gasteiger partial charge on any atom is -0.478 e. The van der Waals surface area contributed by atoms with Gasteiger partial charge in [0.2, 0.25) is 0 Å². The molecule has 0 saturated carbocycles. The van der Waals surface area contributed by atoms with Crippen molar-refractivity contribution in [2.75, 3.05) is 25.5 Å². The number of piperidine rings is 1. The molecule has 1 fully saturated rings. The second-order valence-corrected chi connectivity index (χ2v) is 5.36. The molecule has 120 valence electrons. The summed E-state index contributed by atoms with van der Waals surface area (Å²) in [6.07, 6.45) is 8.23. The number of rotatable bonds is 4. The van der Waals surface area contributed by atoms with E-state index in [-0.39, 0.29) is 11.9 Å². The van der Waals surface area contributed by atoms with Gasteiger partial charge in [0, 0.05) is 49.5 Å². The highest BCUT2D eigenvalue weighted by Crippen LogP contribution is 2.22. The molecule has 2 aromatic rings. The Hall–Kier alpha value is -2.70. The summed E-state index contributed by atoms with van der Waals surface area (Å²) in [5.74, 6) is 1.19. The van der Waals surface area contributed by atoms with Crippen molar-refractivity contribution in [1.82, 2.24) is 19.9 Å². The van der Waals surface area contributed by atoms with Crippen molar-refractivity contribution in [3.8, 4) is 5.88 Å². The van der Waals surface area contributed by atoms with Crippen molar-refractivity contribution in [3.63, 3.8) is 0 Å². The zero-order valence-corrected chi connectivity index (χ0v) is 13.0. The number of methoxy groups -OCH3 is 1. The molecule has 1 N–H and O–H groups in total. The SMILES string of the molecule is COc1nccnc1NC1CCN(C(=O)c2ccncc2)CC1. The number of likely N-dealkylation sites (tertiary alicyclic amines) is 1. The second-order valence-electron chi connectivity index (χ2n) is 5.36. The predicted octanol–water partition coefficient (Wildman–Crippen LogP) is 1.60. The maximum atomic E-state index is 12.4. The van der Waals surface area contributed by atoms with Crippen LogP contribution in [0, 0.1) is 0 Å². The van der Waals surface area contributed by atoms with Gasteiger partial charge in [-0.15, -0.1) is 0 Å². The smallest absolute Gasteiger partial charge is 0.257 e. The van der Waals surface area contributed by atoms with E-state index in [1.54, 1.807) is 44.0 Å². The van der Waals surface area contributed by atoms with E-state index in [9.17, 15) is 4.79 Å². The summed E-state index contributed by atoms with van der Waals surface area (Å²) in [7, 11) is 1.57. The van der Waals surface area contributed by atoms with Crippen LogP contribution in [0.25, 0.3) is 0 Å². The van der Waals surface area contributed by atoms with Crippen molar-refractivity contribution >= 4 is 11.7 Å². The van der Waals surface area contributed by atoms with Crippen molar-refractivity contribution in [3.05, 3.63) is 42.5 Å². The van der Waals surface area contributed by atoms with Crippen LogP contribution >= 0.6 is 0 Å². The Balaban J connectivity index is 1.57. The van der Waals surface area contributed by atoms with Gasteiger partial charge in [0.15, 0.2) is 5.82 Å². The number of nitrogens with zero attached hydrogens (tertiary/aromatic N) is 4. The molecule has 7 heteroatoms. The molecule has 0 atom stereocenters. The predicted molar refractivity (Wildman–Crippen MR) is 85.4 cm³/mol. The van der Waals surface area contributed by atoms with E-state index < -0.39 is 0 Å². The van der Waals surface area contributed by atoms with Gasteiger partial charge in [0.05, 0.1) is 7.11 Å². The molecule has 0 radical (unpaired) electrons. The zero-order valence-electron chi connectivity index (χ0n) is 13.0. The molecule has 0 unspecified atom stereocenters. The molecular formula is C16H19N5O2. The van der Waals surface area contributed by atoms with Crippen LogP contribution in [0.4, 0.5) is 5.82 Å². The zero-order chi connectivity index (χ0) is 16.1. The first-order valence-electron chi connectivity index (χ1n) is 7.59. The van der Waals surface area contributed by atoms with Gasteiger partial charge in [-0.1, -0.05) is 0 Å². The summed E-state index contributed by atoms with van der Waals surface area (Å²) >= 11 is 0. The van der Waals surface area contributed by atoms with Gasteiger partial charge in [0.1, 0.15) is 0 Å². The maximum absolute atomic E-state index is 12.4. The van der Waals surface area contributed by atoms with Gasteiger partial charge in [-0.3, -0.25) is 9.78 Å². The minimum atomic E-state index is 0.0583. The van der Waals surface area contributed by atoms with Gasteiger partial charge in [-0.25, -0.2) is 9.97 Å². The number of anilines is 1. The number of nitrogens with one attached hydrogen (secondary N) is 1. The van der Waals surface area contributed by atoms with Gasteiger partial charge < -0.3 is 15.0 Å². The molecule has 1 aliphatic heterocycles. The molecule has 0 spiro atoms. The normalized spacial score (nSPS) is 15.3. The Morgan fingerprint density at radius 1 is 1.17 bits per heavy atom. The molecule has 3 heterocycles. The van der Waals surface area contributed by atoms with Crippen LogP contribution in [0.1, 0.15) is 23.2 Å². The van der Waals surface area contributed by atoms with E-state index in [2.05, 4.69) is 20.3 Å². The third-order valence-electron chi connectivity index (χ3n) is 3.91. The first-order chi connectivity index (χ1) is 11.3. The van der Waals surface area contributed by atoms with Crippen molar-refractivity contribution < 1.29 is 9.53 Å². The molecule has 0 aliphatic carbocycles. The fraction of sp³-hybridized carbons (Fsp3) is 0.375. The van der Waals surface area contributed by atoms with E-state index in [1.807, 2.05) is 4.90 Å². The highest BCUT2D eigenvalue weighted by atomic mass is 16.5. The van der Waals surface area contributed by atoms with Crippen LogP contribution in [-0.2, 0) is 0 Å². The number of pyridine rings is 1. The number of amides is 1. The van der Waals surface area contributed by atoms with E-state index in [1.165, 1.54) is 0 Å². The van der Waals surface area contributed by atoms with E-state index in [0.717, 1.165) is 12.8 Å². The molecule has 3 rings (SSSR count). The summed E-state index contributed by atoms with van der Waals surface area (Å²) in [4.78, 5) is 26.6. The number of carbonyl (C=O) groups excluding carboxylic acids is 1. The molecule has 1 saturated heterocycles. The van der Waals surface area contributed by atoms with Crippen LogP contribution in [0.3, 0.4) is 0 Å². The summed E-state index contributed by atoms with van der Waals surface area (Å²) in [5.41, 5.74) is 0.682. The molecule has 0 bridgehead atoms. The number of hydrogen-bond acceptors (Lipinski definition) is 6. The van der Waals surface area contributed by atoms with E-state index in [4.69, 9.17) is 4.74 Å². The molecule has 23 heavy (non-hydrogen) atoms. The average molecular weight is 313 g/mol. The molecule has 1 amide bonds. The molecule has 2 aromatic heterocycles. The van der Waals surface area contributed by atoms with Crippen molar-refractivity contribution in [2.24, 2.45) is 0 Å². The van der Waals surface area contributed by atoms with Gasteiger partial charge in [-0.05, 0) is 25.0 Å². The van der Waals surface area contributed by atoms with Crippen LogP contribution in [-0.4, -0.2) is 52.0 Å². The Labute approximate surface area is 134 Å². The lowest BCUT2D eigenvalue weighted by molar-refractivity contribution is 0.0718. The molecule has 0 aromatic carbocycles. The highest BCUT2D eigenvalue weighted by Gasteiger charge is 2.24. The first kappa shape index (κ1) is 15.2. The lowest BCUT2D eigenvalue weighted by Gasteiger charge is -2.32. The highest BCUT2D eigenvalue weighted by molar-refractivity contribution is 5.94. The largest absolute Gasteiger partial charge is 0.478 e. The topological polar surface area (TPSA) is 80.2 Å². The fourth-order valence-corrected chi connectivity index (χ4v) is 2.67. The molecule has 1 aliphatic rings. The maximum Gasteiger partial charge on any atom is 0.257 e. The number of hydrogen-bond donors (Lipinski definition) is 1. The fourth-order valence-electron chi connectivity index (χ4n) is 2.67. The number of carbonyl (C=O) groups is 1. The van der Waals surface area contributed by atoms with Crippen molar-refractivity contribution in [2.45, 2.75) is 18.9 Å². The third kappa shape index (κ3) is 3.56. The summed E-state index contributed by atoms with van der Waals surface area (Å²) in [6, 6.07) is 3.75. The van der Waals surface area contributed by atoms with Crippen LogP contribution < -0.4 is 10.1 Å². The van der Waals surface area contributed by atoms with Crippen LogP contribution in [0.15, 0.2) is 36.9 Å². The van der Waals surface area contributed by atoms with Crippen LogP contribution in [0.5, 0.6) is 5.88 Å². The molecule has 7 nitrogen and oxygen atoms in total. The summed E-state index contributed by atoms with van der Waals surface area (Å²) in [5, 5.41) is 3.35. The Morgan fingerprint density at radius 3 is 2.57 bits per heavy atom. The number of aromatic nitrogens is 3. The lowest BCUT2D eigenvalue weighted by Crippen LogP contribution is -2.42. The monoisotopic (exact) mass is 313 g/mol. The Bertz CT molecular complexity index is 657. The van der Waals surface area contributed by atoms with Gasteiger partial charge >= 0.3 is 0 Å². The van der Waals surface area contributed by atoms with E-state index >= 15 is 0 Å². The number of ether oxygens (including phenoxy) is 1. The quantitative estimate of drug-likeness (QED) is 0.923. The summed E-state index contributed by atoms with van der Waals surface area (Å²) in [6.45, 7) is 1.42. The Morgan fingerprint density at radius 2 is 1.87 bits per heavy atom. The van der Waals surface area contributed by atoms with E-state index in [0.29, 0.717) is 30.4 Å². The Kier molecular flexibility index (Phi) is 4.65. The second kappa shape index (κ2) is 7.04. The standard InChI is InChI=1S/C16H19N5O2/c1-23-15-14(18-8-9-19-15)20-13-4-10-21(11-5-13)16(22)12-2-6-17-7-3-12/h2-3,6-9,13H,4-5,10-11H2,1H3,(H,18,20). The van der Waals surface area contributed by atoms with Crippen LogP contribution in [0.2, 0.25) is 0 Å². The lowest BCUT2D eigenvalue weighted by atomic mass is 10.0. The molecular weight excluding hydrogens is 294 g/mol. The van der Waals surface area contributed by atoms with Crippen molar-refractivity contribution in [1.29, 1.82) is 0 Å². The first-order valence-corrected chi connectivity index (χ1v) is 7.59. The third-order valence-corrected chi connectivity index (χ3v) is 3.91. The van der Waals surface area contributed by atoms with Gasteiger partial charge in [0.25, 0.3) is 11.8 Å². The average Bonchev–Trinajstić information content (AvgIpc) is 2.63. The minimum absolute atomic E-state index is 0.0583.